The Morgan fingerprint density at radius 2 is 1.28 bits per heavy atom. The lowest BCUT2D eigenvalue weighted by Gasteiger charge is -2.06. The summed E-state index contributed by atoms with van der Waals surface area (Å²) in [6, 6.07) is 25.9. The fourth-order valence-corrected chi connectivity index (χ4v) is 2.43. The molecule has 0 heteroatoms. The molecule has 0 amide bonds. The molecule has 88 valence electrons. The van der Waals surface area contributed by atoms with Gasteiger partial charge < -0.3 is 0 Å². The zero-order valence-corrected chi connectivity index (χ0v) is 10.3. The van der Waals surface area contributed by atoms with Gasteiger partial charge in [0.15, 0.2) is 0 Å². The van der Waals surface area contributed by atoms with E-state index in [0.29, 0.717) is 0 Å². The molecule has 0 saturated carbocycles. The van der Waals surface area contributed by atoms with Gasteiger partial charge in [0.2, 0.25) is 0 Å². The van der Waals surface area contributed by atoms with Crippen molar-refractivity contribution >= 4 is 10.8 Å². The molecule has 0 saturated heterocycles. The summed E-state index contributed by atoms with van der Waals surface area (Å²) in [5.74, 6) is 0. The molecule has 0 heterocycles. The number of hydrogen-bond acceptors (Lipinski definition) is 0. The van der Waals surface area contributed by atoms with Crippen LogP contribution in [0.2, 0.25) is 0 Å². The lowest BCUT2D eigenvalue weighted by molar-refractivity contribution is 0.969. The molecule has 3 aromatic carbocycles. The summed E-state index contributed by atoms with van der Waals surface area (Å²) in [5, 5.41) is 2.72. The Bertz CT molecular complexity index is 633. The average molecular weight is 232 g/mol. The third-order valence-corrected chi connectivity index (χ3v) is 3.41. The molecule has 0 bridgehead atoms. The number of fused-ring (bicyclic) bond motifs is 1. The second-order valence-electron chi connectivity index (χ2n) is 4.62. The predicted octanol–water partition coefficient (Wildman–Crippen LogP) is 4.63. The van der Waals surface area contributed by atoms with E-state index < -0.39 is 0 Å². The van der Waals surface area contributed by atoms with Crippen LogP contribution in [0.5, 0.6) is 0 Å². The monoisotopic (exact) mass is 232 g/mol. The van der Waals surface area contributed by atoms with Crippen molar-refractivity contribution in [2.45, 2.75) is 12.8 Å². The normalized spacial score (nSPS) is 10.7. The third kappa shape index (κ3) is 2.28. The first-order chi connectivity index (χ1) is 8.93. The van der Waals surface area contributed by atoms with E-state index in [0.717, 1.165) is 12.8 Å². The average Bonchev–Trinajstić information content (AvgIpc) is 2.46. The number of benzene rings is 3. The molecule has 3 rings (SSSR count). The van der Waals surface area contributed by atoms with Crippen molar-refractivity contribution in [3.8, 4) is 0 Å². The molecule has 18 heavy (non-hydrogen) atoms. The lowest BCUT2D eigenvalue weighted by atomic mass is 9.99. The number of rotatable bonds is 3. The van der Waals surface area contributed by atoms with Crippen molar-refractivity contribution in [1.82, 2.24) is 0 Å². The Morgan fingerprint density at radius 1 is 0.556 bits per heavy atom. The van der Waals surface area contributed by atoms with Crippen LogP contribution in [-0.2, 0) is 12.8 Å². The molecule has 0 aliphatic rings. The predicted molar refractivity (Wildman–Crippen MR) is 77.8 cm³/mol. The number of hydrogen-bond donors (Lipinski definition) is 0. The highest BCUT2D eigenvalue weighted by Crippen LogP contribution is 2.20. The first-order valence-electron chi connectivity index (χ1n) is 6.44. The van der Waals surface area contributed by atoms with Crippen molar-refractivity contribution < 1.29 is 0 Å². The summed E-state index contributed by atoms with van der Waals surface area (Å²) in [6.45, 7) is 0. The summed E-state index contributed by atoms with van der Waals surface area (Å²) < 4.78 is 0. The lowest BCUT2D eigenvalue weighted by Crippen LogP contribution is -1.92. The van der Waals surface area contributed by atoms with Crippen LogP contribution in [0.3, 0.4) is 0 Å². The Morgan fingerprint density at radius 3 is 2.17 bits per heavy atom. The fraction of sp³-hybridized carbons (Fsp3) is 0.111. The van der Waals surface area contributed by atoms with Crippen molar-refractivity contribution in [3.63, 3.8) is 0 Å². The van der Waals surface area contributed by atoms with Gasteiger partial charge in [0.25, 0.3) is 0 Å². The van der Waals surface area contributed by atoms with Gasteiger partial charge in [-0.2, -0.15) is 0 Å². The summed E-state index contributed by atoms with van der Waals surface area (Å²) in [6.07, 6.45) is 2.21. The van der Waals surface area contributed by atoms with Crippen LogP contribution in [-0.4, -0.2) is 0 Å². The van der Waals surface area contributed by atoms with Gasteiger partial charge in [-0.25, -0.2) is 0 Å². The van der Waals surface area contributed by atoms with Gasteiger partial charge in [0, 0.05) is 0 Å². The van der Waals surface area contributed by atoms with Gasteiger partial charge in [-0.05, 0) is 34.7 Å². The topological polar surface area (TPSA) is 0 Å². The Kier molecular flexibility index (Phi) is 3.10. The second kappa shape index (κ2) is 5.05. The van der Waals surface area contributed by atoms with Crippen LogP contribution in [0.1, 0.15) is 11.1 Å². The maximum absolute atomic E-state index is 2.24. The molecule has 0 nitrogen and oxygen atoms in total. The second-order valence-corrected chi connectivity index (χ2v) is 4.62. The zero-order chi connectivity index (χ0) is 12.2. The van der Waals surface area contributed by atoms with Crippen molar-refractivity contribution in [3.05, 3.63) is 83.9 Å². The molecule has 0 aliphatic carbocycles. The maximum atomic E-state index is 2.24. The van der Waals surface area contributed by atoms with Crippen molar-refractivity contribution in [2.24, 2.45) is 0 Å². The minimum atomic E-state index is 1.10. The Balaban J connectivity index is 1.87. The highest BCUT2D eigenvalue weighted by Gasteiger charge is 2.00. The van der Waals surface area contributed by atoms with Gasteiger partial charge in [-0.1, -0.05) is 72.8 Å². The minimum Gasteiger partial charge on any atom is -0.0622 e. The SMILES string of the molecule is c1ccc(CCc2cccc3ccccc23)cc1. The van der Waals surface area contributed by atoms with Gasteiger partial charge >= 0.3 is 0 Å². The molecule has 0 N–H and O–H groups in total. The molecule has 3 aromatic rings. The first kappa shape index (κ1) is 11.0. The van der Waals surface area contributed by atoms with Crippen LogP contribution in [0.25, 0.3) is 10.8 Å². The van der Waals surface area contributed by atoms with Crippen LogP contribution in [0.4, 0.5) is 0 Å². The first-order valence-corrected chi connectivity index (χ1v) is 6.44. The van der Waals surface area contributed by atoms with Gasteiger partial charge in [-0.3, -0.25) is 0 Å². The minimum absolute atomic E-state index is 1.10. The van der Waals surface area contributed by atoms with Gasteiger partial charge in [0.1, 0.15) is 0 Å². The quantitative estimate of drug-likeness (QED) is 0.618. The van der Waals surface area contributed by atoms with Gasteiger partial charge in [0.05, 0.1) is 0 Å². The van der Waals surface area contributed by atoms with Crippen LogP contribution >= 0.6 is 0 Å². The molecule has 0 radical (unpaired) electrons. The summed E-state index contributed by atoms with van der Waals surface area (Å²) >= 11 is 0. The molecule has 0 aliphatic heterocycles. The molecular formula is C18H16. The zero-order valence-electron chi connectivity index (χ0n) is 10.3. The van der Waals surface area contributed by atoms with E-state index in [4.69, 9.17) is 0 Å². The molecule has 0 unspecified atom stereocenters. The molecule has 0 aromatic heterocycles. The highest BCUT2D eigenvalue weighted by atomic mass is 14.0. The van der Waals surface area contributed by atoms with Crippen molar-refractivity contribution in [1.29, 1.82) is 0 Å². The Hall–Kier alpha value is -2.08. The standard InChI is InChI=1S/C18H16/c1-2-7-15(8-3-1)13-14-17-11-6-10-16-9-4-5-12-18(16)17/h1-12H,13-14H2. The van der Waals surface area contributed by atoms with E-state index in [1.165, 1.54) is 21.9 Å². The van der Waals surface area contributed by atoms with Crippen molar-refractivity contribution in [2.75, 3.05) is 0 Å². The van der Waals surface area contributed by atoms with Gasteiger partial charge in [-0.15, -0.1) is 0 Å². The largest absolute Gasteiger partial charge is 0.0622 e. The fourth-order valence-electron chi connectivity index (χ4n) is 2.43. The van der Waals surface area contributed by atoms with Crippen LogP contribution < -0.4 is 0 Å². The van der Waals surface area contributed by atoms with E-state index in [2.05, 4.69) is 72.8 Å². The van der Waals surface area contributed by atoms with Crippen LogP contribution in [0, 0.1) is 0 Å². The molecule has 0 fully saturated rings. The van der Waals surface area contributed by atoms with E-state index in [9.17, 15) is 0 Å². The molecule has 0 atom stereocenters. The maximum Gasteiger partial charge on any atom is -0.0152 e. The third-order valence-electron chi connectivity index (χ3n) is 3.41. The summed E-state index contributed by atoms with van der Waals surface area (Å²) in [4.78, 5) is 0. The van der Waals surface area contributed by atoms with E-state index >= 15 is 0 Å². The summed E-state index contributed by atoms with van der Waals surface area (Å²) in [5.41, 5.74) is 2.85. The van der Waals surface area contributed by atoms with E-state index in [-0.39, 0.29) is 0 Å². The summed E-state index contributed by atoms with van der Waals surface area (Å²) in [7, 11) is 0. The smallest absolute Gasteiger partial charge is 0.0152 e. The molecular weight excluding hydrogens is 216 g/mol. The molecule has 0 spiro atoms. The van der Waals surface area contributed by atoms with Crippen LogP contribution in [0.15, 0.2) is 72.8 Å². The van der Waals surface area contributed by atoms with E-state index in [1.54, 1.807) is 0 Å². The van der Waals surface area contributed by atoms with E-state index in [1.807, 2.05) is 0 Å². The Labute approximate surface area is 108 Å². The highest BCUT2D eigenvalue weighted by molar-refractivity contribution is 5.85. The number of aryl methyl sites for hydroxylation is 2.